The molecule has 0 aromatic heterocycles. The topological polar surface area (TPSA) is 56.8 Å². The molecule has 0 spiro atoms. The van der Waals surface area contributed by atoms with E-state index in [1.165, 1.54) is 0 Å². The summed E-state index contributed by atoms with van der Waals surface area (Å²) in [6, 6.07) is 7.20. The van der Waals surface area contributed by atoms with Gasteiger partial charge in [0.1, 0.15) is 5.75 Å². The summed E-state index contributed by atoms with van der Waals surface area (Å²) in [7, 11) is 1.60. The van der Waals surface area contributed by atoms with Crippen LogP contribution in [0.2, 0.25) is 0 Å². The zero-order valence-corrected chi connectivity index (χ0v) is 12.4. The number of nitrogens with one attached hydrogen (secondary N) is 1. The van der Waals surface area contributed by atoms with E-state index in [1.54, 1.807) is 31.4 Å². The molecule has 1 N–H and O–H groups in total. The normalized spacial score (nSPS) is 20.2. The maximum absolute atomic E-state index is 12.4. The first-order chi connectivity index (χ1) is 9.35. The fourth-order valence-corrected chi connectivity index (χ4v) is 1.84. The summed E-state index contributed by atoms with van der Waals surface area (Å²) in [6.07, 6.45) is 0. The van der Waals surface area contributed by atoms with Gasteiger partial charge in [-0.05, 0) is 45.0 Å². The molecular weight excluding hydrogens is 258 g/mol. The van der Waals surface area contributed by atoms with Crippen LogP contribution in [-0.2, 0) is 14.3 Å². The van der Waals surface area contributed by atoms with Crippen LogP contribution in [0.25, 0.3) is 0 Å². The van der Waals surface area contributed by atoms with Gasteiger partial charge in [-0.25, -0.2) is 0 Å². The van der Waals surface area contributed by atoms with Gasteiger partial charge in [-0.3, -0.25) is 4.79 Å². The Bertz CT molecular complexity index is 471. The Balaban J connectivity index is 2.00. The van der Waals surface area contributed by atoms with Crippen LogP contribution < -0.4 is 10.1 Å². The average Bonchev–Trinajstić information content (AvgIpc) is 2.43. The van der Waals surface area contributed by atoms with Crippen LogP contribution in [0.15, 0.2) is 24.3 Å². The lowest BCUT2D eigenvalue weighted by Crippen LogP contribution is -2.50. The molecule has 1 saturated heterocycles. The number of anilines is 1. The minimum absolute atomic E-state index is 0.113. The van der Waals surface area contributed by atoms with Crippen molar-refractivity contribution >= 4 is 11.6 Å². The number of ether oxygens (including phenoxy) is 3. The van der Waals surface area contributed by atoms with Crippen LogP contribution in [0, 0.1) is 5.41 Å². The predicted octanol–water partition coefficient (Wildman–Crippen LogP) is 2.42. The molecular formula is C15H21NO4. The molecule has 2 rings (SSSR count). The van der Waals surface area contributed by atoms with Gasteiger partial charge in [0.2, 0.25) is 5.91 Å². The first kappa shape index (κ1) is 14.8. The number of hydrogen-bond donors (Lipinski definition) is 1. The molecule has 110 valence electrons. The standard InChI is InChI=1S/C15H21NO4/c1-14(2)19-9-15(3,10-20-14)13(17)16-11-5-7-12(18-4)8-6-11/h5-8H,9-10H2,1-4H3,(H,16,17). The van der Waals surface area contributed by atoms with Crippen molar-refractivity contribution in [2.24, 2.45) is 5.41 Å². The van der Waals surface area contributed by atoms with Crippen LogP contribution in [0.5, 0.6) is 5.75 Å². The molecule has 1 aliphatic rings. The number of rotatable bonds is 3. The molecule has 1 heterocycles. The second kappa shape index (κ2) is 5.42. The first-order valence-corrected chi connectivity index (χ1v) is 6.58. The van der Waals surface area contributed by atoms with Gasteiger partial charge in [-0.15, -0.1) is 0 Å². The number of carbonyl (C=O) groups excluding carboxylic acids is 1. The maximum atomic E-state index is 12.4. The SMILES string of the molecule is COc1ccc(NC(=O)C2(C)COC(C)(C)OC2)cc1. The molecule has 1 fully saturated rings. The lowest BCUT2D eigenvalue weighted by atomic mass is 9.90. The number of carbonyl (C=O) groups is 1. The van der Waals surface area contributed by atoms with E-state index in [0.29, 0.717) is 13.2 Å². The zero-order chi connectivity index (χ0) is 14.8. The molecule has 0 unspecified atom stereocenters. The third-order valence-corrected chi connectivity index (χ3v) is 3.37. The highest BCUT2D eigenvalue weighted by atomic mass is 16.7. The molecule has 0 radical (unpaired) electrons. The molecule has 1 aromatic carbocycles. The number of methoxy groups -OCH3 is 1. The van der Waals surface area contributed by atoms with Gasteiger partial charge >= 0.3 is 0 Å². The van der Waals surface area contributed by atoms with E-state index in [9.17, 15) is 4.79 Å². The summed E-state index contributed by atoms with van der Waals surface area (Å²) in [5.74, 6) is 0.0124. The molecule has 0 bridgehead atoms. The Morgan fingerprint density at radius 3 is 2.20 bits per heavy atom. The molecule has 0 aliphatic carbocycles. The van der Waals surface area contributed by atoms with Gasteiger partial charge in [0.25, 0.3) is 0 Å². The van der Waals surface area contributed by atoms with E-state index < -0.39 is 11.2 Å². The fourth-order valence-electron chi connectivity index (χ4n) is 1.84. The van der Waals surface area contributed by atoms with Gasteiger partial charge in [0.05, 0.1) is 25.7 Å². The predicted molar refractivity (Wildman–Crippen MR) is 75.7 cm³/mol. The van der Waals surface area contributed by atoms with Crippen LogP contribution >= 0.6 is 0 Å². The van der Waals surface area contributed by atoms with E-state index in [0.717, 1.165) is 11.4 Å². The highest BCUT2D eigenvalue weighted by Gasteiger charge is 2.42. The number of hydrogen-bond acceptors (Lipinski definition) is 4. The van der Waals surface area contributed by atoms with Crippen molar-refractivity contribution < 1.29 is 19.0 Å². The Hall–Kier alpha value is -1.59. The van der Waals surface area contributed by atoms with Gasteiger partial charge in [-0.2, -0.15) is 0 Å². The largest absolute Gasteiger partial charge is 0.497 e. The highest BCUT2D eigenvalue weighted by molar-refractivity contribution is 5.95. The molecule has 5 nitrogen and oxygen atoms in total. The minimum atomic E-state index is -0.685. The summed E-state index contributed by atoms with van der Waals surface area (Å²) in [5.41, 5.74) is 0.0389. The van der Waals surface area contributed by atoms with Crippen molar-refractivity contribution in [2.75, 3.05) is 25.6 Å². The van der Waals surface area contributed by atoms with E-state index in [-0.39, 0.29) is 5.91 Å². The van der Waals surface area contributed by atoms with Gasteiger partial charge in [0, 0.05) is 5.69 Å². The van der Waals surface area contributed by atoms with E-state index in [4.69, 9.17) is 14.2 Å². The van der Waals surface area contributed by atoms with Crippen molar-refractivity contribution in [3.63, 3.8) is 0 Å². The van der Waals surface area contributed by atoms with E-state index >= 15 is 0 Å². The van der Waals surface area contributed by atoms with Crippen molar-refractivity contribution in [1.29, 1.82) is 0 Å². The van der Waals surface area contributed by atoms with Crippen LogP contribution in [0.3, 0.4) is 0 Å². The number of benzene rings is 1. The zero-order valence-electron chi connectivity index (χ0n) is 12.4. The fraction of sp³-hybridized carbons (Fsp3) is 0.533. The molecule has 1 aromatic rings. The Labute approximate surface area is 119 Å². The summed E-state index contributed by atoms with van der Waals surface area (Å²) >= 11 is 0. The highest BCUT2D eigenvalue weighted by Crippen LogP contribution is 2.30. The minimum Gasteiger partial charge on any atom is -0.497 e. The summed E-state index contributed by atoms with van der Waals surface area (Å²) in [5, 5.41) is 2.88. The van der Waals surface area contributed by atoms with E-state index in [2.05, 4.69) is 5.32 Å². The second-order valence-corrected chi connectivity index (χ2v) is 5.72. The van der Waals surface area contributed by atoms with Crippen molar-refractivity contribution in [1.82, 2.24) is 0 Å². The van der Waals surface area contributed by atoms with Gasteiger partial charge in [-0.1, -0.05) is 0 Å². The second-order valence-electron chi connectivity index (χ2n) is 5.72. The third kappa shape index (κ3) is 3.29. The van der Waals surface area contributed by atoms with Crippen LogP contribution in [0.4, 0.5) is 5.69 Å². The van der Waals surface area contributed by atoms with Gasteiger partial charge < -0.3 is 19.5 Å². The lowest BCUT2D eigenvalue weighted by molar-refractivity contribution is -0.276. The lowest BCUT2D eigenvalue weighted by Gasteiger charge is -2.40. The molecule has 1 aliphatic heterocycles. The van der Waals surface area contributed by atoms with Gasteiger partial charge in [0.15, 0.2) is 5.79 Å². The van der Waals surface area contributed by atoms with Crippen molar-refractivity contribution in [3.8, 4) is 5.75 Å². The average molecular weight is 279 g/mol. The summed E-state index contributed by atoms with van der Waals surface area (Å²) in [4.78, 5) is 12.4. The molecule has 5 heteroatoms. The molecule has 20 heavy (non-hydrogen) atoms. The Morgan fingerprint density at radius 2 is 1.70 bits per heavy atom. The Morgan fingerprint density at radius 1 is 1.15 bits per heavy atom. The number of amides is 1. The van der Waals surface area contributed by atoms with Crippen molar-refractivity contribution in [2.45, 2.75) is 26.6 Å². The van der Waals surface area contributed by atoms with E-state index in [1.807, 2.05) is 20.8 Å². The van der Waals surface area contributed by atoms with Crippen molar-refractivity contribution in [3.05, 3.63) is 24.3 Å². The van der Waals surface area contributed by atoms with Crippen LogP contribution in [-0.4, -0.2) is 32.0 Å². The summed E-state index contributed by atoms with van der Waals surface area (Å²) < 4.78 is 16.2. The quantitative estimate of drug-likeness (QED) is 0.923. The summed E-state index contributed by atoms with van der Waals surface area (Å²) in [6.45, 7) is 6.19. The smallest absolute Gasteiger partial charge is 0.234 e. The molecule has 0 saturated carbocycles. The maximum Gasteiger partial charge on any atom is 0.234 e. The third-order valence-electron chi connectivity index (χ3n) is 3.37. The van der Waals surface area contributed by atoms with Crippen LogP contribution in [0.1, 0.15) is 20.8 Å². The monoisotopic (exact) mass is 279 g/mol. The molecule has 1 amide bonds. The Kier molecular flexibility index (Phi) is 4.01. The molecule has 0 atom stereocenters. The first-order valence-electron chi connectivity index (χ1n) is 6.58.